The number of carbonyl (C=O) groups is 2. The minimum atomic E-state index is -0.568. The summed E-state index contributed by atoms with van der Waals surface area (Å²) in [6.07, 6.45) is 0.713. The van der Waals surface area contributed by atoms with Gasteiger partial charge in [0, 0.05) is 12.6 Å². The Morgan fingerprint density at radius 3 is 2.63 bits per heavy atom. The van der Waals surface area contributed by atoms with Gasteiger partial charge in [-0.2, -0.15) is 0 Å². The van der Waals surface area contributed by atoms with Crippen LogP contribution in [0.2, 0.25) is 0 Å². The summed E-state index contributed by atoms with van der Waals surface area (Å²) in [7, 11) is 0. The van der Waals surface area contributed by atoms with E-state index in [4.69, 9.17) is 5.73 Å². The second kappa shape index (κ2) is 7.62. The fourth-order valence-corrected chi connectivity index (χ4v) is 2.63. The van der Waals surface area contributed by atoms with E-state index in [1.807, 2.05) is 6.92 Å². The van der Waals surface area contributed by atoms with E-state index in [9.17, 15) is 9.59 Å². The average molecular weight is 348 g/mol. The molecule has 0 aliphatic rings. The van der Waals surface area contributed by atoms with E-state index in [1.165, 1.54) is 11.3 Å². The van der Waals surface area contributed by atoms with Crippen molar-refractivity contribution in [3.8, 4) is 0 Å². The molecule has 0 aliphatic carbocycles. The van der Waals surface area contributed by atoms with Crippen molar-refractivity contribution in [1.82, 2.24) is 10.6 Å². The molecule has 1 heterocycles. The highest BCUT2D eigenvalue weighted by molar-refractivity contribution is 9.11. The van der Waals surface area contributed by atoms with Gasteiger partial charge in [0.05, 0.1) is 8.66 Å². The van der Waals surface area contributed by atoms with Crippen LogP contribution in [0.25, 0.3) is 0 Å². The van der Waals surface area contributed by atoms with Crippen molar-refractivity contribution in [1.29, 1.82) is 0 Å². The molecule has 0 radical (unpaired) electrons. The highest BCUT2D eigenvalue weighted by Gasteiger charge is 2.17. The fourth-order valence-electron chi connectivity index (χ4n) is 1.35. The molecule has 0 fully saturated rings. The van der Waals surface area contributed by atoms with Gasteiger partial charge in [-0.25, -0.2) is 0 Å². The molecular formula is C12H18BrN3O2S. The normalized spacial score (nSPS) is 13.7. The fraction of sp³-hybridized carbons (Fsp3) is 0.500. The van der Waals surface area contributed by atoms with Crippen molar-refractivity contribution < 1.29 is 9.59 Å². The van der Waals surface area contributed by atoms with E-state index < -0.39 is 6.04 Å². The summed E-state index contributed by atoms with van der Waals surface area (Å²) in [4.78, 5) is 24.1. The third-order valence-corrected chi connectivity index (χ3v) is 4.06. The standard InChI is InChI=1S/C12H18BrN3O2S/c1-7(14)5-6-15-11(17)8(2)16-12(18)9-3-4-10(13)19-9/h3-4,7-8H,5-6,14H2,1-2H3,(H,15,17)(H,16,18). The minimum Gasteiger partial charge on any atom is -0.354 e. The molecule has 2 atom stereocenters. The Morgan fingerprint density at radius 1 is 1.42 bits per heavy atom. The van der Waals surface area contributed by atoms with Crippen molar-refractivity contribution in [3.05, 3.63) is 20.8 Å². The number of rotatable bonds is 6. The van der Waals surface area contributed by atoms with Gasteiger partial charge in [0.25, 0.3) is 5.91 Å². The van der Waals surface area contributed by atoms with Crippen molar-refractivity contribution in [2.24, 2.45) is 5.73 Å². The van der Waals surface area contributed by atoms with Gasteiger partial charge >= 0.3 is 0 Å². The van der Waals surface area contributed by atoms with Crippen molar-refractivity contribution in [2.75, 3.05) is 6.54 Å². The van der Waals surface area contributed by atoms with Crippen molar-refractivity contribution >= 4 is 39.1 Å². The van der Waals surface area contributed by atoms with Gasteiger partial charge in [0.1, 0.15) is 6.04 Å². The van der Waals surface area contributed by atoms with Gasteiger partial charge in [-0.3, -0.25) is 9.59 Å². The maximum absolute atomic E-state index is 11.8. The number of hydrogen-bond donors (Lipinski definition) is 3. The third kappa shape index (κ3) is 5.71. The van der Waals surface area contributed by atoms with Crippen LogP contribution < -0.4 is 16.4 Å². The Morgan fingerprint density at radius 2 is 2.11 bits per heavy atom. The number of halogens is 1. The Hall–Kier alpha value is -0.920. The third-order valence-electron chi connectivity index (χ3n) is 2.44. The molecule has 0 aromatic carbocycles. The summed E-state index contributed by atoms with van der Waals surface area (Å²) in [6, 6.07) is 2.99. The van der Waals surface area contributed by atoms with E-state index in [-0.39, 0.29) is 17.9 Å². The summed E-state index contributed by atoms with van der Waals surface area (Å²) in [6.45, 7) is 4.05. The zero-order valence-electron chi connectivity index (χ0n) is 10.9. The molecule has 0 saturated carbocycles. The second-order valence-corrected chi connectivity index (χ2v) is 6.82. The SMILES string of the molecule is CC(N)CCNC(=O)C(C)NC(=O)c1ccc(Br)s1. The summed E-state index contributed by atoms with van der Waals surface area (Å²) < 4.78 is 0.881. The minimum absolute atomic E-state index is 0.0497. The lowest BCUT2D eigenvalue weighted by atomic mass is 10.2. The van der Waals surface area contributed by atoms with E-state index in [0.717, 1.165) is 3.79 Å². The van der Waals surface area contributed by atoms with Gasteiger partial charge in [-0.05, 0) is 48.3 Å². The van der Waals surface area contributed by atoms with Crippen LogP contribution in [0.5, 0.6) is 0 Å². The van der Waals surface area contributed by atoms with Crippen molar-refractivity contribution in [2.45, 2.75) is 32.4 Å². The van der Waals surface area contributed by atoms with Crippen LogP contribution in [0.3, 0.4) is 0 Å². The van der Waals surface area contributed by atoms with E-state index >= 15 is 0 Å². The molecule has 0 spiro atoms. The topological polar surface area (TPSA) is 84.2 Å². The molecule has 2 amide bonds. The molecule has 1 aromatic heterocycles. The lowest BCUT2D eigenvalue weighted by Gasteiger charge is -2.14. The summed E-state index contributed by atoms with van der Waals surface area (Å²) in [5, 5.41) is 5.39. The molecule has 4 N–H and O–H groups in total. The lowest BCUT2D eigenvalue weighted by Crippen LogP contribution is -2.45. The quantitative estimate of drug-likeness (QED) is 0.728. The highest BCUT2D eigenvalue weighted by Crippen LogP contribution is 2.21. The van der Waals surface area contributed by atoms with Gasteiger partial charge < -0.3 is 16.4 Å². The first-order valence-electron chi connectivity index (χ1n) is 5.99. The van der Waals surface area contributed by atoms with Crippen molar-refractivity contribution in [3.63, 3.8) is 0 Å². The Bertz CT molecular complexity index is 448. The summed E-state index contributed by atoms with van der Waals surface area (Å²) in [5.74, 6) is -0.449. The molecule has 0 saturated heterocycles. The Kier molecular flexibility index (Phi) is 6.47. The number of nitrogens with one attached hydrogen (secondary N) is 2. The van der Waals surface area contributed by atoms with Gasteiger partial charge in [0.15, 0.2) is 0 Å². The molecule has 0 aliphatic heterocycles. The monoisotopic (exact) mass is 347 g/mol. The first-order chi connectivity index (χ1) is 8.90. The lowest BCUT2D eigenvalue weighted by molar-refractivity contribution is -0.122. The van der Waals surface area contributed by atoms with E-state index in [0.29, 0.717) is 17.8 Å². The first kappa shape index (κ1) is 16.1. The highest BCUT2D eigenvalue weighted by atomic mass is 79.9. The van der Waals surface area contributed by atoms with E-state index in [1.54, 1.807) is 19.1 Å². The van der Waals surface area contributed by atoms with E-state index in [2.05, 4.69) is 26.6 Å². The van der Waals surface area contributed by atoms with Crippen LogP contribution in [0.1, 0.15) is 29.9 Å². The van der Waals surface area contributed by atoms with Crippen LogP contribution in [0, 0.1) is 0 Å². The first-order valence-corrected chi connectivity index (χ1v) is 7.60. The number of thiophene rings is 1. The number of nitrogens with two attached hydrogens (primary N) is 1. The molecule has 1 aromatic rings. The second-order valence-electron chi connectivity index (χ2n) is 4.36. The Balaban J connectivity index is 2.39. The summed E-state index contributed by atoms with van der Waals surface area (Å²) >= 11 is 4.62. The zero-order chi connectivity index (χ0) is 14.4. The predicted molar refractivity (Wildman–Crippen MR) is 80.2 cm³/mol. The van der Waals surface area contributed by atoms with Gasteiger partial charge in [-0.15, -0.1) is 11.3 Å². The smallest absolute Gasteiger partial charge is 0.262 e. The summed E-state index contributed by atoms with van der Waals surface area (Å²) in [5.41, 5.74) is 5.59. The molecule has 0 bridgehead atoms. The molecule has 19 heavy (non-hydrogen) atoms. The predicted octanol–water partition coefficient (Wildman–Crippen LogP) is 1.48. The largest absolute Gasteiger partial charge is 0.354 e. The molecular weight excluding hydrogens is 330 g/mol. The molecule has 7 heteroatoms. The maximum Gasteiger partial charge on any atom is 0.262 e. The van der Waals surface area contributed by atoms with Crippen LogP contribution >= 0.6 is 27.3 Å². The average Bonchev–Trinajstić information content (AvgIpc) is 2.75. The molecule has 106 valence electrons. The molecule has 2 unspecified atom stereocenters. The number of carbonyl (C=O) groups excluding carboxylic acids is 2. The zero-order valence-corrected chi connectivity index (χ0v) is 13.3. The molecule has 5 nitrogen and oxygen atoms in total. The van der Waals surface area contributed by atoms with Gasteiger partial charge in [-0.1, -0.05) is 0 Å². The van der Waals surface area contributed by atoms with Gasteiger partial charge in [0.2, 0.25) is 5.91 Å². The maximum atomic E-state index is 11.8. The van der Waals surface area contributed by atoms with Crippen LogP contribution in [-0.4, -0.2) is 30.4 Å². The number of amides is 2. The van der Waals surface area contributed by atoms with Crippen LogP contribution in [0.15, 0.2) is 15.9 Å². The molecule has 1 rings (SSSR count). The number of hydrogen-bond acceptors (Lipinski definition) is 4. The van der Waals surface area contributed by atoms with Crippen LogP contribution in [0.4, 0.5) is 0 Å². The Labute approximate surface area is 125 Å². The van der Waals surface area contributed by atoms with Crippen LogP contribution in [-0.2, 0) is 4.79 Å².